The van der Waals surface area contributed by atoms with Crippen LogP contribution in [0.25, 0.3) is 6.08 Å². The maximum absolute atomic E-state index is 12.7. The van der Waals surface area contributed by atoms with Crippen molar-refractivity contribution in [2.75, 3.05) is 5.32 Å². The molecular formula is C20H15BrN2O3. The van der Waals surface area contributed by atoms with Crippen molar-refractivity contribution in [3.63, 3.8) is 0 Å². The Morgan fingerprint density at radius 1 is 0.962 bits per heavy atom. The molecule has 2 aromatic carbocycles. The molecule has 6 heteroatoms. The minimum atomic E-state index is -0.455. The number of halogens is 1. The molecule has 0 aliphatic rings. The molecule has 5 nitrogen and oxygen atoms in total. The summed E-state index contributed by atoms with van der Waals surface area (Å²) in [6, 6.07) is 19.3. The summed E-state index contributed by atoms with van der Waals surface area (Å²) in [4.78, 5) is 25.1. The third kappa shape index (κ3) is 4.70. The van der Waals surface area contributed by atoms with Crippen LogP contribution >= 0.6 is 15.9 Å². The molecule has 0 radical (unpaired) electrons. The van der Waals surface area contributed by atoms with Gasteiger partial charge in [-0.2, -0.15) is 0 Å². The number of furan rings is 1. The molecule has 3 aromatic rings. The smallest absolute Gasteiger partial charge is 0.272 e. The van der Waals surface area contributed by atoms with Gasteiger partial charge < -0.3 is 15.1 Å². The molecule has 26 heavy (non-hydrogen) atoms. The molecule has 2 amide bonds. The van der Waals surface area contributed by atoms with Crippen LogP contribution in [0.3, 0.4) is 0 Å². The zero-order valence-electron chi connectivity index (χ0n) is 13.6. The van der Waals surface area contributed by atoms with Crippen LogP contribution in [0.1, 0.15) is 16.1 Å². The Morgan fingerprint density at radius 3 is 2.46 bits per heavy atom. The molecule has 0 fully saturated rings. The van der Waals surface area contributed by atoms with E-state index in [4.69, 9.17) is 4.42 Å². The standard InChI is InChI=1S/C20H15BrN2O3/c21-15-8-4-9-16(12-15)22-20(25)18(13-17-10-5-11-26-17)23-19(24)14-6-2-1-3-7-14/h1-13H,(H,22,25)(H,23,24)/b18-13-. The summed E-state index contributed by atoms with van der Waals surface area (Å²) in [6.45, 7) is 0. The van der Waals surface area contributed by atoms with Gasteiger partial charge in [0, 0.05) is 21.8 Å². The van der Waals surface area contributed by atoms with Crippen LogP contribution < -0.4 is 10.6 Å². The zero-order valence-corrected chi connectivity index (χ0v) is 15.2. The number of benzene rings is 2. The second kappa shape index (κ2) is 8.31. The van der Waals surface area contributed by atoms with E-state index in [0.29, 0.717) is 17.0 Å². The minimum Gasteiger partial charge on any atom is -0.465 e. The quantitative estimate of drug-likeness (QED) is 0.610. The molecule has 0 bridgehead atoms. The Labute approximate surface area is 158 Å². The molecule has 0 saturated heterocycles. The van der Waals surface area contributed by atoms with Gasteiger partial charge in [0.15, 0.2) is 0 Å². The first-order valence-electron chi connectivity index (χ1n) is 7.80. The second-order valence-corrected chi connectivity index (χ2v) is 6.27. The Morgan fingerprint density at radius 2 is 1.77 bits per heavy atom. The maximum Gasteiger partial charge on any atom is 0.272 e. The van der Waals surface area contributed by atoms with Crippen molar-refractivity contribution in [1.82, 2.24) is 5.32 Å². The van der Waals surface area contributed by atoms with E-state index in [-0.39, 0.29) is 11.6 Å². The summed E-state index contributed by atoms with van der Waals surface area (Å²) < 4.78 is 6.09. The molecule has 0 aliphatic carbocycles. The van der Waals surface area contributed by atoms with E-state index in [1.165, 1.54) is 12.3 Å². The molecule has 1 heterocycles. The average molecular weight is 411 g/mol. The van der Waals surface area contributed by atoms with E-state index >= 15 is 0 Å². The van der Waals surface area contributed by atoms with Crippen molar-refractivity contribution in [3.05, 3.63) is 94.5 Å². The van der Waals surface area contributed by atoms with Gasteiger partial charge in [-0.15, -0.1) is 0 Å². The average Bonchev–Trinajstić information content (AvgIpc) is 3.15. The predicted octanol–water partition coefficient (Wildman–Crippen LogP) is 4.45. The van der Waals surface area contributed by atoms with Crippen molar-refractivity contribution in [2.24, 2.45) is 0 Å². The normalized spacial score (nSPS) is 11.0. The third-order valence-electron chi connectivity index (χ3n) is 3.44. The lowest BCUT2D eigenvalue weighted by Crippen LogP contribution is -2.30. The number of hydrogen-bond acceptors (Lipinski definition) is 3. The first-order chi connectivity index (χ1) is 12.6. The largest absolute Gasteiger partial charge is 0.465 e. The fourth-order valence-electron chi connectivity index (χ4n) is 2.22. The first kappa shape index (κ1) is 17.7. The number of amides is 2. The monoisotopic (exact) mass is 410 g/mol. The molecule has 2 N–H and O–H groups in total. The van der Waals surface area contributed by atoms with Gasteiger partial charge >= 0.3 is 0 Å². The SMILES string of the molecule is O=C(Nc1cccc(Br)c1)/C(=C/c1ccco1)NC(=O)c1ccccc1. The fraction of sp³-hybridized carbons (Fsp3) is 0. The highest BCUT2D eigenvalue weighted by atomic mass is 79.9. The molecule has 3 rings (SSSR count). The van der Waals surface area contributed by atoms with Crippen LogP contribution in [-0.2, 0) is 4.79 Å². The number of anilines is 1. The lowest BCUT2D eigenvalue weighted by Gasteiger charge is -2.11. The van der Waals surface area contributed by atoms with Crippen LogP contribution in [-0.4, -0.2) is 11.8 Å². The van der Waals surface area contributed by atoms with Crippen LogP contribution in [0.5, 0.6) is 0 Å². The lowest BCUT2D eigenvalue weighted by molar-refractivity contribution is -0.113. The fourth-order valence-corrected chi connectivity index (χ4v) is 2.62. The van der Waals surface area contributed by atoms with E-state index in [2.05, 4.69) is 26.6 Å². The summed E-state index contributed by atoms with van der Waals surface area (Å²) in [5, 5.41) is 5.40. The predicted molar refractivity (Wildman–Crippen MR) is 103 cm³/mol. The van der Waals surface area contributed by atoms with Crippen molar-refractivity contribution < 1.29 is 14.0 Å². The highest BCUT2D eigenvalue weighted by molar-refractivity contribution is 9.10. The number of carbonyl (C=O) groups excluding carboxylic acids is 2. The van der Waals surface area contributed by atoms with Crippen LogP contribution in [0.4, 0.5) is 5.69 Å². The van der Waals surface area contributed by atoms with Crippen LogP contribution in [0.15, 0.2) is 87.6 Å². The number of rotatable bonds is 5. The van der Waals surface area contributed by atoms with E-state index in [0.717, 1.165) is 4.47 Å². The number of hydrogen-bond donors (Lipinski definition) is 2. The van der Waals surface area contributed by atoms with Gasteiger partial charge in [-0.25, -0.2) is 0 Å². The molecule has 0 saturated carbocycles. The van der Waals surface area contributed by atoms with Gasteiger partial charge in [-0.1, -0.05) is 40.2 Å². The Bertz CT molecular complexity index is 935. The van der Waals surface area contributed by atoms with E-state index < -0.39 is 5.91 Å². The Hall–Kier alpha value is -3.12. The Kier molecular flexibility index (Phi) is 5.66. The summed E-state index contributed by atoms with van der Waals surface area (Å²) in [5.74, 6) is -0.380. The van der Waals surface area contributed by atoms with Crippen molar-refractivity contribution in [1.29, 1.82) is 0 Å². The van der Waals surface area contributed by atoms with Crippen molar-refractivity contribution >= 4 is 39.5 Å². The first-order valence-corrected chi connectivity index (χ1v) is 8.59. The molecular weight excluding hydrogens is 396 g/mol. The maximum atomic E-state index is 12.7. The minimum absolute atomic E-state index is 0.0776. The van der Waals surface area contributed by atoms with E-state index in [1.54, 1.807) is 54.6 Å². The molecule has 0 spiro atoms. The van der Waals surface area contributed by atoms with Gasteiger partial charge in [-0.3, -0.25) is 9.59 Å². The Balaban J connectivity index is 1.83. The summed E-state index contributed by atoms with van der Waals surface area (Å²) in [7, 11) is 0. The summed E-state index contributed by atoms with van der Waals surface area (Å²) in [5.41, 5.74) is 1.13. The topological polar surface area (TPSA) is 71.3 Å². The van der Waals surface area contributed by atoms with E-state index in [9.17, 15) is 9.59 Å². The molecule has 130 valence electrons. The highest BCUT2D eigenvalue weighted by Crippen LogP contribution is 2.17. The molecule has 0 atom stereocenters. The van der Waals surface area contributed by atoms with Crippen LogP contribution in [0.2, 0.25) is 0 Å². The number of nitrogens with one attached hydrogen (secondary N) is 2. The van der Waals surface area contributed by atoms with Gasteiger partial charge in [-0.05, 0) is 42.5 Å². The second-order valence-electron chi connectivity index (χ2n) is 5.36. The summed E-state index contributed by atoms with van der Waals surface area (Å²) >= 11 is 3.36. The number of carbonyl (C=O) groups is 2. The van der Waals surface area contributed by atoms with Gasteiger partial charge in [0.25, 0.3) is 11.8 Å². The lowest BCUT2D eigenvalue weighted by atomic mass is 10.2. The van der Waals surface area contributed by atoms with Crippen LogP contribution in [0, 0.1) is 0 Å². The summed E-state index contributed by atoms with van der Waals surface area (Å²) in [6.07, 6.45) is 2.98. The van der Waals surface area contributed by atoms with Gasteiger partial charge in [0.1, 0.15) is 11.5 Å². The van der Waals surface area contributed by atoms with Gasteiger partial charge in [0.2, 0.25) is 0 Å². The van der Waals surface area contributed by atoms with Gasteiger partial charge in [0.05, 0.1) is 6.26 Å². The molecule has 1 aromatic heterocycles. The molecule has 0 unspecified atom stereocenters. The molecule has 0 aliphatic heterocycles. The highest BCUT2D eigenvalue weighted by Gasteiger charge is 2.15. The van der Waals surface area contributed by atoms with E-state index in [1.807, 2.05) is 12.1 Å². The zero-order chi connectivity index (χ0) is 18.4. The third-order valence-corrected chi connectivity index (χ3v) is 3.93. The van der Waals surface area contributed by atoms with Crippen molar-refractivity contribution in [3.8, 4) is 0 Å². The van der Waals surface area contributed by atoms with Crippen molar-refractivity contribution in [2.45, 2.75) is 0 Å².